The summed E-state index contributed by atoms with van der Waals surface area (Å²) in [4.78, 5) is 0. The topological polar surface area (TPSA) is 61.3 Å². The number of hydrogen-bond acceptors (Lipinski definition) is 4. The van der Waals surface area contributed by atoms with Crippen molar-refractivity contribution in [2.45, 2.75) is 13.2 Å². The molecule has 5 heteroatoms. The van der Waals surface area contributed by atoms with Gasteiger partial charge in [-0.1, -0.05) is 5.16 Å². The number of aromatic nitrogens is 1. The molecule has 84 valence electrons. The minimum atomic E-state index is -0.294. The Morgan fingerprint density at radius 3 is 2.69 bits per heavy atom. The molecule has 0 bridgehead atoms. The quantitative estimate of drug-likeness (QED) is 0.857. The summed E-state index contributed by atoms with van der Waals surface area (Å²) in [6.45, 7) is 0.582. The summed E-state index contributed by atoms with van der Waals surface area (Å²) in [6, 6.07) is 7.50. The molecule has 1 aromatic heterocycles. The molecular formula is C11H11FN2O2. The molecule has 2 aromatic rings. The molecule has 0 aliphatic rings. The molecule has 0 saturated heterocycles. The molecule has 2 N–H and O–H groups in total. The zero-order chi connectivity index (χ0) is 11.4. The van der Waals surface area contributed by atoms with Crippen LogP contribution in [0.5, 0.6) is 5.75 Å². The van der Waals surface area contributed by atoms with E-state index in [1.54, 1.807) is 18.2 Å². The van der Waals surface area contributed by atoms with Crippen LogP contribution >= 0.6 is 0 Å². The van der Waals surface area contributed by atoms with Crippen molar-refractivity contribution in [3.63, 3.8) is 0 Å². The molecule has 0 amide bonds. The summed E-state index contributed by atoms with van der Waals surface area (Å²) in [6.07, 6.45) is 0. The third-order valence-electron chi connectivity index (χ3n) is 2.01. The lowest BCUT2D eigenvalue weighted by Crippen LogP contribution is -1.96. The minimum absolute atomic E-state index is 0.249. The highest BCUT2D eigenvalue weighted by Crippen LogP contribution is 2.13. The van der Waals surface area contributed by atoms with E-state index in [4.69, 9.17) is 15.0 Å². The highest BCUT2D eigenvalue weighted by Gasteiger charge is 2.03. The maximum Gasteiger partial charge on any atom is 0.174 e. The van der Waals surface area contributed by atoms with E-state index >= 15 is 0 Å². The van der Waals surface area contributed by atoms with Crippen LogP contribution < -0.4 is 10.5 Å². The van der Waals surface area contributed by atoms with Gasteiger partial charge in [-0.25, -0.2) is 4.39 Å². The monoisotopic (exact) mass is 222 g/mol. The zero-order valence-corrected chi connectivity index (χ0v) is 8.52. The highest BCUT2D eigenvalue weighted by molar-refractivity contribution is 5.22. The third-order valence-corrected chi connectivity index (χ3v) is 2.01. The van der Waals surface area contributed by atoms with Gasteiger partial charge in [-0.2, -0.15) is 0 Å². The van der Waals surface area contributed by atoms with E-state index in [9.17, 15) is 4.39 Å². The van der Waals surface area contributed by atoms with E-state index in [-0.39, 0.29) is 12.4 Å². The molecule has 1 heterocycles. The summed E-state index contributed by atoms with van der Waals surface area (Å²) in [5, 5.41) is 3.72. The Morgan fingerprint density at radius 2 is 2.06 bits per heavy atom. The van der Waals surface area contributed by atoms with Crippen LogP contribution in [0.1, 0.15) is 11.5 Å². The number of nitrogens with two attached hydrogens (primary N) is 1. The van der Waals surface area contributed by atoms with Crippen molar-refractivity contribution >= 4 is 0 Å². The first kappa shape index (κ1) is 10.6. The van der Waals surface area contributed by atoms with Gasteiger partial charge in [-0.3, -0.25) is 0 Å². The van der Waals surface area contributed by atoms with Gasteiger partial charge < -0.3 is 15.0 Å². The van der Waals surface area contributed by atoms with E-state index in [1.807, 2.05) is 0 Å². The first-order valence-electron chi connectivity index (χ1n) is 4.81. The molecule has 0 saturated carbocycles. The van der Waals surface area contributed by atoms with Gasteiger partial charge in [0, 0.05) is 12.6 Å². The second-order valence-corrected chi connectivity index (χ2v) is 3.23. The van der Waals surface area contributed by atoms with Gasteiger partial charge in [-0.15, -0.1) is 0 Å². The fraction of sp³-hybridized carbons (Fsp3) is 0.182. The van der Waals surface area contributed by atoms with Crippen LogP contribution in [0, 0.1) is 5.82 Å². The predicted molar refractivity (Wildman–Crippen MR) is 55.1 cm³/mol. The van der Waals surface area contributed by atoms with E-state index < -0.39 is 0 Å². The average Bonchev–Trinajstić information content (AvgIpc) is 2.76. The first-order valence-corrected chi connectivity index (χ1v) is 4.81. The lowest BCUT2D eigenvalue weighted by Gasteiger charge is -2.02. The van der Waals surface area contributed by atoms with E-state index in [1.165, 1.54) is 12.1 Å². The van der Waals surface area contributed by atoms with Crippen LogP contribution in [0.2, 0.25) is 0 Å². The van der Waals surface area contributed by atoms with E-state index in [0.29, 0.717) is 23.7 Å². The summed E-state index contributed by atoms with van der Waals surface area (Å²) in [5.41, 5.74) is 6.06. The van der Waals surface area contributed by atoms with Gasteiger partial charge in [0.25, 0.3) is 0 Å². The maximum absolute atomic E-state index is 12.6. The van der Waals surface area contributed by atoms with E-state index in [2.05, 4.69) is 5.16 Å². The van der Waals surface area contributed by atoms with Crippen LogP contribution in [0.4, 0.5) is 4.39 Å². The van der Waals surface area contributed by atoms with Crippen LogP contribution in [0.3, 0.4) is 0 Å². The lowest BCUT2D eigenvalue weighted by atomic mass is 10.3. The molecule has 0 fully saturated rings. The summed E-state index contributed by atoms with van der Waals surface area (Å²) < 4.78 is 22.9. The number of ether oxygens (including phenoxy) is 1. The molecule has 0 atom stereocenters. The second kappa shape index (κ2) is 4.76. The Balaban J connectivity index is 1.94. The smallest absolute Gasteiger partial charge is 0.174 e. The van der Waals surface area contributed by atoms with Gasteiger partial charge >= 0.3 is 0 Å². The minimum Gasteiger partial charge on any atom is -0.486 e. The van der Waals surface area contributed by atoms with Gasteiger partial charge in [0.2, 0.25) is 0 Å². The SMILES string of the molecule is NCc1cc(COc2ccc(F)cc2)on1. The van der Waals surface area contributed by atoms with Crippen LogP contribution in [0.15, 0.2) is 34.9 Å². The number of hydrogen-bond donors (Lipinski definition) is 1. The maximum atomic E-state index is 12.6. The summed E-state index contributed by atoms with van der Waals surface area (Å²) in [5.74, 6) is 0.870. The Labute approximate surface area is 91.8 Å². The molecule has 0 spiro atoms. The molecule has 0 unspecified atom stereocenters. The average molecular weight is 222 g/mol. The summed E-state index contributed by atoms with van der Waals surface area (Å²) in [7, 11) is 0. The van der Waals surface area contributed by atoms with Crippen molar-refractivity contribution in [1.82, 2.24) is 5.16 Å². The van der Waals surface area contributed by atoms with Crippen molar-refractivity contribution in [3.05, 3.63) is 47.6 Å². The van der Waals surface area contributed by atoms with Crippen molar-refractivity contribution < 1.29 is 13.7 Å². The van der Waals surface area contributed by atoms with Gasteiger partial charge in [0.15, 0.2) is 5.76 Å². The van der Waals surface area contributed by atoms with Gasteiger partial charge in [-0.05, 0) is 24.3 Å². The molecule has 0 radical (unpaired) electrons. The number of benzene rings is 1. The van der Waals surface area contributed by atoms with Crippen LogP contribution in [-0.4, -0.2) is 5.16 Å². The number of nitrogens with zero attached hydrogens (tertiary/aromatic N) is 1. The first-order chi connectivity index (χ1) is 7.78. The highest BCUT2D eigenvalue weighted by atomic mass is 19.1. The van der Waals surface area contributed by atoms with Crippen molar-refractivity contribution in [2.75, 3.05) is 0 Å². The van der Waals surface area contributed by atoms with Crippen molar-refractivity contribution in [1.29, 1.82) is 0 Å². The second-order valence-electron chi connectivity index (χ2n) is 3.23. The fourth-order valence-corrected chi connectivity index (χ4v) is 1.21. The molecular weight excluding hydrogens is 211 g/mol. The van der Waals surface area contributed by atoms with Gasteiger partial charge in [0.05, 0.1) is 5.69 Å². The predicted octanol–water partition coefficient (Wildman–Crippen LogP) is 1.85. The Hall–Kier alpha value is -1.88. The third kappa shape index (κ3) is 2.58. The molecule has 0 aliphatic carbocycles. The molecule has 16 heavy (non-hydrogen) atoms. The van der Waals surface area contributed by atoms with Crippen LogP contribution in [-0.2, 0) is 13.2 Å². The van der Waals surface area contributed by atoms with Crippen molar-refractivity contribution in [3.8, 4) is 5.75 Å². The van der Waals surface area contributed by atoms with Crippen LogP contribution in [0.25, 0.3) is 0 Å². The largest absolute Gasteiger partial charge is 0.486 e. The standard InChI is InChI=1S/C11H11FN2O2/c12-8-1-3-10(4-2-8)15-7-11-5-9(6-13)14-16-11/h1-5H,6-7,13H2. The lowest BCUT2D eigenvalue weighted by molar-refractivity contribution is 0.248. The van der Waals surface area contributed by atoms with Gasteiger partial charge in [0.1, 0.15) is 18.2 Å². The number of rotatable bonds is 4. The molecule has 1 aromatic carbocycles. The Kier molecular flexibility index (Phi) is 3.16. The molecule has 4 nitrogen and oxygen atoms in total. The Bertz CT molecular complexity index is 453. The van der Waals surface area contributed by atoms with Crippen molar-refractivity contribution in [2.24, 2.45) is 5.73 Å². The molecule has 2 rings (SSSR count). The fourth-order valence-electron chi connectivity index (χ4n) is 1.21. The Morgan fingerprint density at radius 1 is 1.31 bits per heavy atom. The normalized spacial score (nSPS) is 10.4. The number of halogens is 1. The zero-order valence-electron chi connectivity index (χ0n) is 8.52. The summed E-state index contributed by atoms with van der Waals surface area (Å²) >= 11 is 0. The molecule has 0 aliphatic heterocycles. The van der Waals surface area contributed by atoms with E-state index in [0.717, 1.165) is 0 Å².